The third kappa shape index (κ3) is 3.56. The molecule has 2 atom stereocenters. The van der Waals surface area contributed by atoms with Gasteiger partial charge in [0.15, 0.2) is 9.84 Å². The Hall–Kier alpha value is -1.38. The smallest absolute Gasteiger partial charge is 0.151 e. The van der Waals surface area contributed by atoms with E-state index in [1.807, 2.05) is 30.3 Å². The van der Waals surface area contributed by atoms with E-state index in [1.165, 1.54) is 0 Å². The molecule has 18 heavy (non-hydrogen) atoms. The van der Waals surface area contributed by atoms with E-state index >= 15 is 0 Å². The molecule has 2 unspecified atom stereocenters. The van der Waals surface area contributed by atoms with Crippen LogP contribution in [0.3, 0.4) is 0 Å². The van der Waals surface area contributed by atoms with E-state index < -0.39 is 9.84 Å². The van der Waals surface area contributed by atoms with E-state index in [0.29, 0.717) is 12.8 Å². The summed E-state index contributed by atoms with van der Waals surface area (Å²) in [4.78, 5) is 0. The Balaban J connectivity index is 1.93. The number of nitriles is 1. The van der Waals surface area contributed by atoms with Crippen LogP contribution >= 0.6 is 0 Å². The predicted molar refractivity (Wildman–Crippen MR) is 69.7 cm³/mol. The minimum atomic E-state index is -2.89. The molecule has 0 radical (unpaired) electrons. The van der Waals surface area contributed by atoms with Crippen LogP contribution in [0, 0.1) is 11.3 Å². The van der Waals surface area contributed by atoms with Gasteiger partial charge in [0.1, 0.15) is 0 Å². The zero-order valence-electron chi connectivity index (χ0n) is 10.0. The van der Waals surface area contributed by atoms with Crippen LogP contribution in [0.4, 0.5) is 0 Å². The summed E-state index contributed by atoms with van der Waals surface area (Å²) in [5.74, 6) is 0.383. The van der Waals surface area contributed by atoms with Gasteiger partial charge in [-0.15, -0.1) is 0 Å². The molecule has 1 N–H and O–H groups in total. The number of hydrogen-bond donors (Lipinski definition) is 1. The Kier molecular flexibility index (Phi) is 4.00. The topological polar surface area (TPSA) is 70.0 Å². The van der Waals surface area contributed by atoms with E-state index in [-0.39, 0.29) is 23.6 Å². The van der Waals surface area contributed by atoms with E-state index in [4.69, 9.17) is 5.26 Å². The molecule has 0 bridgehead atoms. The molecule has 0 aromatic heterocycles. The maximum absolute atomic E-state index is 11.3. The third-order valence-corrected chi connectivity index (χ3v) is 4.88. The van der Waals surface area contributed by atoms with Crippen molar-refractivity contribution in [3.05, 3.63) is 35.9 Å². The minimum absolute atomic E-state index is 0.0802. The third-order valence-electron chi connectivity index (χ3n) is 3.11. The molecule has 1 aliphatic rings. The molecule has 5 heteroatoms. The van der Waals surface area contributed by atoms with Crippen LogP contribution in [-0.4, -0.2) is 32.0 Å². The zero-order chi connectivity index (χ0) is 13.0. The fourth-order valence-electron chi connectivity index (χ4n) is 2.20. The summed E-state index contributed by atoms with van der Waals surface area (Å²) in [6, 6.07) is 11.5. The van der Waals surface area contributed by atoms with Crippen LogP contribution in [0.15, 0.2) is 30.3 Å². The monoisotopic (exact) mass is 264 g/mol. The molecule has 0 aliphatic carbocycles. The molecular weight excluding hydrogens is 248 g/mol. The Labute approximate surface area is 108 Å². The molecule has 1 aromatic rings. The van der Waals surface area contributed by atoms with Crippen molar-refractivity contribution in [2.75, 3.05) is 11.5 Å². The molecule has 1 fully saturated rings. The first kappa shape index (κ1) is 13.1. The largest absolute Gasteiger partial charge is 0.298 e. The van der Waals surface area contributed by atoms with Gasteiger partial charge in [0.25, 0.3) is 0 Å². The normalized spacial score (nSPS) is 23.4. The summed E-state index contributed by atoms with van der Waals surface area (Å²) in [7, 11) is -2.89. The highest BCUT2D eigenvalue weighted by atomic mass is 32.2. The van der Waals surface area contributed by atoms with Crippen molar-refractivity contribution < 1.29 is 8.42 Å². The van der Waals surface area contributed by atoms with Crippen LogP contribution in [0.1, 0.15) is 12.0 Å². The molecule has 4 nitrogen and oxygen atoms in total. The molecule has 1 aromatic carbocycles. The quantitative estimate of drug-likeness (QED) is 0.877. The molecule has 1 saturated heterocycles. The highest BCUT2D eigenvalue weighted by Crippen LogP contribution is 2.13. The maximum Gasteiger partial charge on any atom is 0.151 e. The van der Waals surface area contributed by atoms with Gasteiger partial charge >= 0.3 is 0 Å². The summed E-state index contributed by atoms with van der Waals surface area (Å²) >= 11 is 0. The Morgan fingerprint density at radius 2 is 2.11 bits per heavy atom. The lowest BCUT2D eigenvalue weighted by molar-refractivity contribution is 0.504. The van der Waals surface area contributed by atoms with Crippen molar-refractivity contribution in [2.24, 2.45) is 0 Å². The fraction of sp³-hybridized carbons (Fsp3) is 0.462. The van der Waals surface area contributed by atoms with Gasteiger partial charge in [0.05, 0.1) is 23.6 Å². The highest BCUT2D eigenvalue weighted by molar-refractivity contribution is 7.91. The first-order chi connectivity index (χ1) is 8.59. The van der Waals surface area contributed by atoms with E-state index in [2.05, 4.69) is 11.4 Å². The van der Waals surface area contributed by atoms with Gasteiger partial charge < -0.3 is 0 Å². The number of nitrogens with zero attached hydrogens (tertiary/aromatic N) is 1. The van der Waals surface area contributed by atoms with Gasteiger partial charge in [-0.05, 0) is 12.0 Å². The van der Waals surface area contributed by atoms with Gasteiger partial charge in [-0.2, -0.15) is 5.26 Å². The fourth-order valence-corrected chi connectivity index (χ4v) is 3.89. The van der Waals surface area contributed by atoms with Crippen molar-refractivity contribution >= 4 is 9.84 Å². The Bertz CT molecular complexity index is 534. The Morgan fingerprint density at radius 1 is 1.39 bits per heavy atom. The lowest BCUT2D eigenvalue weighted by Gasteiger charge is -2.16. The summed E-state index contributed by atoms with van der Waals surface area (Å²) in [6.45, 7) is 0. The molecule has 96 valence electrons. The molecule has 2 rings (SSSR count). The molecule has 0 amide bonds. The highest BCUT2D eigenvalue weighted by Gasteiger charge is 2.29. The van der Waals surface area contributed by atoms with Gasteiger partial charge in [-0.3, -0.25) is 5.32 Å². The van der Waals surface area contributed by atoms with Crippen LogP contribution in [0.5, 0.6) is 0 Å². The van der Waals surface area contributed by atoms with Gasteiger partial charge in [-0.1, -0.05) is 30.3 Å². The predicted octanol–water partition coefficient (Wildman–Crippen LogP) is 0.898. The summed E-state index contributed by atoms with van der Waals surface area (Å²) < 4.78 is 22.7. The second-order valence-electron chi connectivity index (χ2n) is 4.64. The van der Waals surface area contributed by atoms with Gasteiger partial charge in [0, 0.05) is 12.5 Å². The van der Waals surface area contributed by atoms with E-state index in [0.717, 1.165) is 5.56 Å². The lowest BCUT2D eigenvalue weighted by Crippen LogP contribution is -2.39. The van der Waals surface area contributed by atoms with Crippen LogP contribution in [0.2, 0.25) is 0 Å². The molecule has 1 aliphatic heterocycles. The first-order valence-electron chi connectivity index (χ1n) is 5.99. The second kappa shape index (κ2) is 5.51. The average Bonchev–Trinajstić information content (AvgIpc) is 2.69. The zero-order valence-corrected chi connectivity index (χ0v) is 10.9. The van der Waals surface area contributed by atoms with Crippen molar-refractivity contribution in [3.63, 3.8) is 0 Å². The lowest BCUT2D eigenvalue weighted by atomic mass is 10.1. The molecule has 0 saturated carbocycles. The molecular formula is C13H16N2O2S. The summed E-state index contributed by atoms with van der Waals surface area (Å²) in [6.07, 6.45) is 1.21. The standard InChI is InChI=1S/C13H16N2O2S/c14-9-13(8-11-4-2-1-3-5-11)15-12-6-7-18(16,17)10-12/h1-5,12-13,15H,6-8,10H2. The van der Waals surface area contributed by atoms with Crippen LogP contribution < -0.4 is 5.32 Å². The van der Waals surface area contributed by atoms with Crippen LogP contribution in [-0.2, 0) is 16.3 Å². The van der Waals surface area contributed by atoms with Crippen molar-refractivity contribution in [1.29, 1.82) is 5.26 Å². The van der Waals surface area contributed by atoms with Crippen molar-refractivity contribution in [3.8, 4) is 6.07 Å². The molecule has 0 spiro atoms. The maximum atomic E-state index is 11.3. The number of benzene rings is 1. The minimum Gasteiger partial charge on any atom is -0.298 e. The van der Waals surface area contributed by atoms with Gasteiger partial charge in [0.2, 0.25) is 0 Å². The van der Waals surface area contributed by atoms with Crippen molar-refractivity contribution in [2.45, 2.75) is 24.9 Å². The van der Waals surface area contributed by atoms with E-state index in [1.54, 1.807) is 0 Å². The summed E-state index contributed by atoms with van der Waals surface area (Å²) in [5, 5.41) is 12.2. The number of nitrogens with one attached hydrogen (secondary N) is 1. The molecule has 1 heterocycles. The SMILES string of the molecule is N#CC(Cc1ccccc1)NC1CCS(=O)(=O)C1. The number of sulfone groups is 1. The first-order valence-corrected chi connectivity index (χ1v) is 7.81. The average molecular weight is 264 g/mol. The van der Waals surface area contributed by atoms with Gasteiger partial charge in [-0.25, -0.2) is 8.42 Å². The second-order valence-corrected chi connectivity index (χ2v) is 6.87. The Morgan fingerprint density at radius 3 is 2.67 bits per heavy atom. The number of rotatable bonds is 4. The number of hydrogen-bond acceptors (Lipinski definition) is 4. The summed E-state index contributed by atoms with van der Waals surface area (Å²) in [5.41, 5.74) is 1.08. The van der Waals surface area contributed by atoms with E-state index in [9.17, 15) is 8.42 Å². The van der Waals surface area contributed by atoms with Crippen molar-refractivity contribution in [1.82, 2.24) is 5.32 Å². The van der Waals surface area contributed by atoms with Crippen LogP contribution in [0.25, 0.3) is 0 Å².